The molecular weight excluding hydrogens is 280 g/mol. The topological polar surface area (TPSA) is 20.2 Å². The number of benzene rings is 3. The first-order chi connectivity index (χ1) is 11.3. The van der Waals surface area contributed by atoms with E-state index in [9.17, 15) is 5.11 Å². The van der Waals surface area contributed by atoms with E-state index in [2.05, 4.69) is 60.7 Å². The largest absolute Gasteiger partial charge is 0.385 e. The van der Waals surface area contributed by atoms with Gasteiger partial charge in [-0.25, -0.2) is 0 Å². The zero-order chi connectivity index (χ0) is 15.7. The van der Waals surface area contributed by atoms with Gasteiger partial charge in [0.1, 0.15) is 0 Å². The van der Waals surface area contributed by atoms with Crippen LogP contribution in [0.4, 0.5) is 0 Å². The van der Waals surface area contributed by atoms with Crippen molar-refractivity contribution in [1.29, 1.82) is 0 Å². The molecule has 1 fully saturated rings. The molecule has 1 nitrogen and oxygen atoms in total. The molecule has 1 N–H and O–H groups in total. The summed E-state index contributed by atoms with van der Waals surface area (Å²) in [4.78, 5) is 0. The molecule has 0 amide bonds. The van der Waals surface area contributed by atoms with Gasteiger partial charge in [-0.15, -0.1) is 0 Å². The van der Waals surface area contributed by atoms with Crippen LogP contribution in [-0.2, 0) is 5.60 Å². The Bertz CT molecular complexity index is 814. The van der Waals surface area contributed by atoms with Crippen LogP contribution in [0.2, 0.25) is 0 Å². The molecule has 4 rings (SSSR count). The zero-order valence-corrected chi connectivity index (χ0v) is 13.3. The summed E-state index contributed by atoms with van der Waals surface area (Å²) in [6, 6.07) is 23.2. The van der Waals surface area contributed by atoms with Crippen molar-refractivity contribution in [1.82, 2.24) is 0 Å². The molecule has 1 saturated carbocycles. The highest BCUT2D eigenvalue weighted by atomic mass is 16.3. The molecule has 0 radical (unpaired) electrons. The Morgan fingerprint density at radius 3 is 2.17 bits per heavy atom. The molecule has 1 aliphatic rings. The summed E-state index contributed by atoms with van der Waals surface area (Å²) in [5.41, 5.74) is 2.78. The van der Waals surface area contributed by atoms with Gasteiger partial charge in [-0.2, -0.15) is 0 Å². The standard InChI is InChI=1S/C22H22O/c23-22(15-7-2-8-16-22)21-19-12-6-5-11-18(19)13-14-20(21)17-9-3-1-4-10-17/h1,3-6,9-14,23H,2,7-8,15-16H2. The maximum Gasteiger partial charge on any atom is 0.0908 e. The highest BCUT2D eigenvalue weighted by Crippen LogP contribution is 2.44. The zero-order valence-electron chi connectivity index (χ0n) is 13.3. The van der Waals surface area contributed by atoms with Gasteiger partial charge < -0.3 is 5.11 Å². The number of aliphatic hydroxyl groups is 1. The average molecular weight is 302 g/mol. The van der Waals surface area contributed by atoms with Gasteiger partial charge in [-0.3, -0.25) is 0 Å². The third kappa shape index (κ3) is 2.55. The summed E-state index contributed by atoms with van der Waals surface area (Å²) in [5, 5.41) is 13.9. The Kier molecular flexibility index (Phi) is 3.66. The van der Waals surface area contributed by atoms with E-state index in [0.717, 1.165) is 31.2 Å². The van der Waals surface area contributed by atoms with E-state index in [0.29, 0.717) is 0 Å². The van der Waals surface area contributed by atoms with E-state index in [1.807, 2.05) is 6.07 Å². The van der Waals surface area contributed by atoms with E-state index in [1.165, 1.54) is 28.3 Å². The first kappa shape index (κ1) is 14.5. The maximum absolute atomic E-state index is 11.5. The monoisotopic (exact) mass is 302 g/mol. The Hall–Kier alpha value is -2.12. The lowest BCUT2D eigenvalue weighted by Gasteiger charge is -2.35. The molecule has 1 heteroatoms. The van der Waals surface area contributed by atoms with Crippen LogP contribution in [0.15, 0.2) is 66.7 Å². The van der Waals surface area contributed by atoms with Crippen LogP contribution in [0.5, 0.6) is 0 Å². The number of hydrogen-bond acceptors (Lipinski definition) is 1. The van der Waals surface area contributed by atoms with Crippen molar-refractivity contribution in [3.05, 3.63) is 72.3 Å². The molecule has 0 aliphatic heterocycles. The minimum atomic E-state index is -0.704. The van der Waals surface area contributed by atoms with Gasteiger partial charge in [-0.1, -0.05) is 86.0 Å². The summed E-state index contributed by atoms with van der Waals surface area (Å²) in [7, 11) is 0. The van der Waals surface area contributed by atoms with E-state index < -0.39 is 5.60 Å². The molecule has 0 atom stereocenters. The van der Waals surface area contributed by atoms with Crippen molar-refractivity contribution in [3.63, 3.8) is 0 Å². The number of rotatable bonds is 2. The van der Waals surface area contributed by atoms with Crippen molar-refractivity contribution in [2.75, 3.05) is 0 Å². The van der Waals surface area contributed by atoms with Crippen LogP contribution in [0.1, 0.15) is 37.7 Å². The summed E-state index contributed by atoms with van der Waals surface area (Å²) in [6.45, 7) is 0. The normalized spacial score (nSPS) is 17.3. The fourth-order valence-electron chi connectivity index (χ4n) is 4.02. The van der Waals surface area contributed by atoms with Gasteiger partial charge in [0.05, 0.1) is 5.60 Å². The van der Waals surface area contributed by atoms with E-state index >= 15 is 0 Å². The van der Waals surface area contributed by atoms with Gasteiger partial charge in [0.25, 0.3) is 0 Å². The molecule has 3 aromatic rings. The van der Waals surface area contributed by atoms with E-state index in [4.69, 9.17) is 0 Å². The second-order valence-electron chi connectivity index (χ2n) is 6.67. The van der Waals surface area contributed by atoms with Crippen LogP contribution in [0, 0.1) is 0 Å². The fourth-order valence-corrected chi connectivity index (χ4v) is 4.02. The second-order valence-corrected chi connectivity index (χ2v) is 6.67. The molecule has 0 heterocycles. The van der Waals surface area contributed by atoms with Crippen LogP contribution in [0.25, 0.3) is 21.9 Å². The third-order valence-corrected chi connectivity index (χ3v) is 5.16. The first-order valence-electron chi connectivity index (χ1n) is 8.58. The summed E-state index contributed by atoms with van der Waals surface area (Å²) < 4.78 is 0. The Morgan fingerprint density at radius 1 is 0.696 bits per heavy atom. The Morgan fingerprint density at radius 2 is 1.39 bits per heavy atom. The molecule has 0 spiro atoms. The van der Waals surface area contributed by atoms with Crippen molar-refractivity contribution in [3.8, 4) is 11.1 Å². The predicted octanol–water partition coefficient (Wildman–Crippen LogP) is 5.66. The van der Waals surface area contributed by atoms with Crippen molar-refractivity contribution < 1.29 is 5.11 Å². The molecule has 0 bridgehead atoms. The van der Waals surface area contributed by atoms with E-state index in [1.54, 1.807) is 0 Å². The van der Waals surface area contributed by atoms with Crippen molar-refractivity contribution >= 4 is 10.8 Å². The summed E-state index contributed by atoms with van der Waals surface area (Å²) >= 11 is 0. The SMILES string of the molecule is OC1(c2c(-c3ccccc3)ccc3ccccc23)CCCCC1. The lowest BCUT2D eigenvalue weighted by atomic mass is 9.75. The lowest BCUT2D eigenvalue weighted by Crippen LogP contribution is -2.29. The predicted molar refractivity (Wildman–Crippen MR) is 96.4 cm³/mol. The first-order valence-corrected chi connectivity index (χ1v) is 8.58. The van der Waals surface area contributed by atoms with Crippen LogP contribution >= 0.6 is 0 Å². The van der Waals surface area contributed by atoms with Crippen molar-refractivity contribution in [2.45, 2.75) is 37.7 Å². The van der Waals surface area contributed by atoms with Crippen LogP contribution in [-0.4, -0.2) is 5.11 Å². The molecule has 116 valence electrons. The van der Waals surface area contributed by atoms with E-state index in [-0.39, 0.29) is 0 Å². The lowest BCUT2D eigenvalue weighted by molar-refractivity contribution is 0.00128. The highest BCUT2D eigenvalue weighted by Gasteiger charge is 2.34. The van der Waals surface area contributed by atoms with Gasteiger partial charge in [0.2, 0.25) is 0 Å². The van der Waals surface area contributed by atoms with Crippen LogP contribution < -0.4 is 0 Å². The molecule has 1 aliphatic carbocycles. The van der Waals surface area contributed by atoms with Gasteiger partial charge in [-0.05, 0) is 40.3 Å². The van der Waals surface area contributed by atoms with Gasteiger partial charge in [0.15, 0.2) is 0 Å². The highest BCUT2D eigenvalue weighted by molar-refractivity contribution is 5.92. The quantitative estimate of drug-likeness (QED) is 0.647. The fraction of sp³-hybridized carbons (Fsp3) is 0.273. The second kappa shape index (κ2) is 5.82. The molecule has 0 aromatic heterocycles. The minimum Gasteiger partial charge on any atom is -0.385 e. The van der Waals surface area contributed by atoms with Gasteiger partial charge >= 0.3 is 0 Å². The Labute approximate surface area is 137 Å². The van der Waals surface area contributed by atoms with Gasteiger partial charge in [0, 0.05) is 0 Å². The summed E-state index contributed by atoms with van der Waals surface area (Å²) in [5.74, 6) is 0. The average Bonchev–Trinajstić information content (AvgIpc) is 2.62. The number of fused-ring (bicyclic) bond motifs is 1. The molecule has 0 saturated heterocycles. The minimum absolute atomic E-state index is 0.704. The maximum atomic E-state index is 11.5. The Balaban J connectivity index is 2.01. The van der Waals surface area contributed by atoms with Crippen LogP contribution in [0.3, 0.4) is 0 Å². The molecule has 23 heavy (non-hydrogen) atoms. The number of hydrogen-bond donors (Lipinski definition) is 1. The summed E-state index contributed by atoms with van der Waals surface area (Å²) in [6.07, 6.45) is 5.16. The van der Waals surface area contributed by atoms with Crippen molar-refractivity contribution in [2.24, 2.45) is 0 Å². The molecule has 3 aromatic carbocycles. The molecular formula is C22H22O. The third-order valence-electron chi connectivity index (χ3n) is 5.16. The molecule has 0 unspecified atom stereocenters. The smallest absolute Gasteiger partial charge is 0.0908 e.